The molecule has 2 aromatic rings. The van der Waals surface area contributed by atoms with E-state index in [1.165, 1.54) is 27.2 Å². The fraction of sp³-hybridized carbons (Fsp3) is 0.200. The predicted octanol–water partition coefficient (Wildman–Crippen LogP) is 4.05. The molecule has 2 rings (SSSR count). The van der Waals surface area contributed by atoms with E-state index < -0.39 is 18.0 Å². The summed E-state index contributed by atoms with van der Waals surface area (Å²) in [6, 6.07) is 12.4. The normalized spacial score (nSPS) is 11.7. The van der Waals surface area contributed by atoms with Crippen LogP contribution in [0.2, 0.25) is 0 Å². The topological polar surface area (TPSA) is 73.9 Å². The highest BCUT2D eigenvalue weighted by molar-refractivity contribution is 9.10. The van der Waals surface area contributed by atoms with E-state index in [2.05, 4.69) is 21.2 Å². The van der Waals surface area contributed by atoms with Crippen LogP contribution in [-0.2, 0) is 14.3 Å². The maximum atomic E-state index is 12.3. The zero-order chi connectivity index (χ0) is 19.8. The largest absolute Gasteiger partial charge is 0.497 e. The van der Waals surface area contributed by atoms with Crippen LogP contribution in [0.15, 0.2) is 53.0 Å². The Morgan fingerprint density at radius 3 is 2.41 bits per heavy atom. The molecule has 0 radical (unpaired) electrons. The number of nitrogens with one attached hydrogen (secondary N) is 1. The Balaban J connectivity index is 1.97. The molecule has 27 heavy (non-hydrogen) atoms. The number of carbonyl (C=O) groups is 2. The second-order valence-electron chi connectivity index (χ2n) is 5.52. The van der Waals surface area contributed by atoms with Gasteiger partial charge in [0.2, 0.25) is 0 Å². The van der Waals surface area contributed by atoms with Crippen LogP contribution >= 0.6 is 15.9 Å². The van der Waals surface area contributed by atoms with Crippen LogP contribution in [0.1, 0.15) is 12.5 Å². The van der Waals surface area contributed by atoms with Gasteiger partial charge in [-0.1, -0.05) is 28.1 Å². The van der Waals surface area contributed by atoms with Crippen LogP contribution in [0, 0.1) is 0 Å². The van der Waals surface area contributed by atoms with E-state index in [-0.39, 0.29) is 0 Å². The Morgan fingerprint density at radius 1 is 1.07 bits per heavy atom. The van der Waals surface area contributed by atoms with Crippen molar-refractivity contribution in [1.82, 2.24) is 0 Å². The number of rotatable bonds is 7. The van der Waals surface area contributed by atoms with E-state index in [0.717, 1.165) is 10.0 Å². The number of benzene rings is 2. The number of hydrogen-bond donors (Lipinski definition) is 1. The van der Waals surface area contributed by atoms with Crippen LogP contribution in [0.3, 0.4) is 0 Å². The molecule has 2 aromatic carbocycles. The molecule has 1 N–H and O–H groups in total. The van der Waals surface area contributed by atoms with Gasteiger partial charge in [0.05, 0.1) is 19.9 Å². The molecule has 0 heterocycles. The number of hydrogen-bond acceptors (Lipinski definition) is 5. The van der Waals surface area contributed by atoms with Gasteiger partial charge in [-0.25, -0.2) is 4.79 Å². The van der Waals surface area contributed by atoms with Gasteiger partial charge in [-0.3, -0.25) is 4.79 Å². The molecule has 0 fully saturated rings. The van der Waals surface area contributed by atoms with Crippen LogP contribution in [-0.4, -0.2) is 32.2 Å². The molecule has 1 amide bonds. The smallest absolute Gasteiger partial charge is 0.331 e. The van der Waals surface area contributed by atoms with Crippen LogP contribution in [0.5, 0.6) is 11.5 Å². The minimum absolute atomic E-state index is 0.426. The molecule has 1 atom stereocenters. The number of methoxy groups -OCH3 is 2. The van der Waals surface area contributed by atoms with Crippen molar-refractivity contribution in [2.75, 3.05) is 19.5 Å². The van der Waals surface area contributed by atoms with Crippen molar-refractivity contribution >= 4 is 39.6 Å². The fourth-order valence-electron chi connectivity index (χ4n) is 2.15. The molecule has 1 unspecified atom stereocenters. The molecule has 0 saturated carbocycles. The molecule has 6 nitrogen and oxygen atoms in total. The van der Waals surface area contributed by atoms with E-state index in [4.69, 9.17) is 14.2 Å². The molecular weight excluding hydrogens is 414 g/mol. The van der Waals surface area contributed by atoms with Gasteiger partial charge in [0.1, 0.15) is 11.5 Å². The number of esters is 1. The van der Waals surface area contributed by atoms with E-state index in [9.17, 15) is 9.59 Å². The summed E-state index contributed by atoms with van der Waals surface area (Å²) in [7, 11) is 3.02. The molecule has 0 aliphatic heterocycles. The zero-order valence-electron chi connectivity index (χ0n) is 15.2. The first-order valence-electron chi connectivity index (χ1n) is 8.10. The third-order valence-electron chi connectivity index (χ3n) is 3.61. The summed E-state index contributed by atoms with van der Waals surface area (Å²) in [5.41, 5.74) is 1.27. The Bertz CT molecular complexity index is 833. The minimum Gasteiger partial charge on any atom is -0.497 e. The third kappa shape index (κ3) is 6.14. The van der Waals surface area contributed by atoms with Gasteiger partial charge in [0, 0.05) is 16.6 Å². The van der Waals surface area contributed by atoms with Crippen LogP contribution in [0.4, 0.5) is 5.69 Å². The lowest BCUT2D eigenvalue weighted by Crippen LogP contribution is -2.29. The first-order valence-corrected chi connectivity index (χ1v) is 8.89. The summed E-state index contributed by atoms with van der Waals surface area (Å²) < 4.78 is 16.4. The van der Waals surface area contributed by atoms with Crippen molar-refractivity contribution < 1.29 is 23.8 Å². The first kappa shape index (κ1) is 20.5. The highest BCUT2D eigenvalue weighted by atomic mass is 79.9. The predicted molar refractivity (Wildman–Crippen MR) is 107 cm³/mol. The van der Waals surface area contributed by atoms with Gasteiger partial charge in [-0.2, -0.15) is 0 Å². The molecule has 0 saturated heterocycles. The number of carbonyl (C=O) groups excluding carboxylic acids is 2. The lowest BCUT2D eigenvalue weighted by atomic mass is 10.2. The molecular formula is C20H20BrNO5. The highest BCUT2D eigenvalue weighted by Gasteiger charge is 2.18. The van der Waals surface area contributed by atoms with Gasteiger partial charge < -0.3 is 19.5 Å². The van der Waals surface area contributed by atoms with Crippen LogP contribution < -0.4 is 14.8 Å². The summed E-state index contributed by atoms with van der Waals surface area (Å²) in [5.74, 6) is -0.0592. The van der Waals surface area contributed by atoms with Crippen molar-refractivity contribution in [2.24, 2.45) is 0 Å². The van der Waals surface area contributed by atoms with Gasteiger partial charge in [-0.05, 0) is 42.8 Å². The van der Waals surface area contributed by atoms with Crippen molar-refractivity contribution in [2.45, 2.75) is 13.0 Å². The summed E-state index contributed by atoms with van der Waals surface area (Å²) in [6.45, 7) is 1.49. The number of anilines is 1. The summed E-state index contributed by atoms with van der Waals surface area (Å²) in [4.78, 5) is 24.2. The van der Waals surface area contributed by atoms with E-state index in [1.54, 1.807) is 24.3 Å². The molecule has 0 aromatic heterocycles. The molecule has 0 bridgehead atoms. The quantitative estimate of drug-likeness (QED) is 0.526. The van der Waals surface area contributed by atoms with Crippen LogP contribution in [0.25, 0.3) is 6.08 Å². The van der Waals surface area contributed by atoms with Crippen molar-refractivity contribution in [1.29, 1.82) is 0 Å². The summed E-state index contributed by atoms with van der Waals surface area (Å²) >= 11 is 3.34. The maximum Gasteiger partial charge on any atom is 0.331 e. The Kier molecular flexibility index (Phi) is 7.43. The van der Waals surface area contributed by atoms with E-state index >= 15 is 0 Å². The first-order chi connectivity index (χ1) is 12.9. The standard InChI is InChI=1S/C20H20BrNO5/c1-13(27-19(23)11-6-14-4-7-15(21)8-5-14)20(24)22-17-12-16(25-2)9-10-18(17)26-3/h4-13H,1-3H3,(H,22,24)/b11-6+. The number of ether oxygens (including phenoxy) is 3. The SMILES string of the molecule is COc1ccc(OC)c(NC(=O)C(C)OC(=O)/C=C/c2ccc(Br)cc2)c1. The van der Waals surface area contributed by atoms with E-state index in [1.807, 2.05) is 24.3 Å². The molecule has 0 aliphatic carbocycles. The van der Waals surface area contributed by atoms with Gasteiger partial charge in [-0.15, -0.1) is 0 Å². The van der Waals surface area contributed by atoms with Crippen molar-refractivity contribution in [3.8, 4) is 11.5 Å². The minimum atomic E-state index is -0.983. The third-order valence-corrected chi connectivity index (χ3v) is 4.14. The number of amides is 1. The second-order valence-corrected chi connectivity index (χ2v) is 6.44. The fourth-order valence-corrected chi connectivity index (χ4v) is 2.42. The average molecular weight is 434 g/mol. The lowest BCUT2D eigenvalue weighted by Gasteiger charge is -2.15. The number of halogens is 1. The highest BCUT2D eigenvalue weighted by Crippen LogP contribution is 2.29. The molecule has 0 spiro atoms. The Labute approximate surface area is 166 Å². The van der Waals surface area contributed by atoms with Gasteiger partial charge in [0.15, 0.2) is 6.10 Å². The zero-order valence-corrected chi connectivity index (χ0v) is 16.8. The molecule has 7 heteroatoms. The maximum absolute atomic E-state index is 12.3. The Morgan fingerprint density at radius 2 is 1.78 bits per heavy atom. The lowest BCUT2D eigenvalue weighted by molar-refractivity contribution is -0.148. The molecule has 0 aliphatic rings. The average Bonchev–Trinajstić information content (AvgIpc) is 2.67. The van der Waals surface area contributed by atoms with Gasteiger partial charge >= 0.3 is 5.97 Å². The second kappa shape index (κ2) is 9.78. The van der Waals surface area contributed by atoms with Crippen molar-refractivity contribution in [3.05, 3.63) is 58.6 Å². The molecule has 142 valence electrons. The monoisotopic (exact) mass is 433 g/mol. The Hall–Kier alpha value is -2.80. The van der Waals surface area contributed by atoms with E-state index in [0.29, 0.717) is 17.2 Å². The summed E-state index contributed by atoms with van der Waals surface area (Å²) in [6.07, 6.45) is 1.91. The van der Waals surface area contributed by atoms with Crippen molar-refractivity contribution in [3.63, 3.8) is 0 Å². The van der Waals surface area contributed by atoms with Gasteiger partial charge in [0.25, 0.3) is 5.91 Å². The summed E-state index contributed by atoms with van der Waals surface area (Å²) in [5, 5.41) is 2.67.